The number of hydrogen-bond acceptors (Lipinski definition) is 4. The molecule has 1 heterocycles. The smallest absolute Gasteiger partial charge is 0.127 e. The van der Waals surface area contributed by atoms with E-state index < -0.39 is 0 Å². The lowest BCUT2D eigenvalue weighted by atomic mass is 10.1. The van der Waals surface area contributed by atoms with Crippen molar-refractivity contribution in [3.8, 4) is 0 Å². The van der Waals surface area contributed by atoms with Gasteiger partial charge in [0.1, 0.15) is 5.60 Å². The van der Waals surface area contributed by atoms with E-state index in [2.05, 4.69) is 5.32 Å². The van der Waals surface area contributed by atoms with Crippen molar-refractivity contribution in [1.29, 1.82) is 0 Å². The van der Waals surface area contributed by atoms with Crippen LogP contribution in [0.5, 0.6) is 0 Å². The van der Waals surface area contributed by atoms with E-state index in [9.17, 15) is 0 Å². The van der Waals surface area contributed by atoms with Crippen LogP contribution in [0.2, 0.25) is 0 Å². The fourth-order valence-electron chi connectivity index (χ4n) is 1.46. The van der Waals surface area contributed by atoms with Crippen LogP contribution >= 0.6 is 12.4 Å². The summed E-state index contributed by atoms with van der Waals surface area (Å²) in [4.78, 5) is 0. The molecular formula is C8H18ClNO3. The zero-order chi connectivity index (χ0) is 8.86. The van der Waals surface area contributed by atoms with E-state index in [1.807, 2.05) is 0 Å². The Kier molecular flexibility index (Phi) is 6.63. The van der Waals surface area contributed by atoms with Crippen molar-refractivity contribution in [3.05, 3.63) is 0 Å². The molecule has 0 aromatic rings. The highest BCUT2D eigenvalue weighted by Gasteiger charge is 2.33. The van der Waals surface area contributed by atoms with Crippen LogP contribution in [-0.2, 0) is 14.2 Å². The van der Waals surface area contributed by atoms with Gasteiger partial charge in [0, 0.05) is 27.3 Å². The summed E-state index contributed by atoms with van der Waals surface area (Å²) in [6, 6.07) is 0. The van der Waals surface area contributed by atoms with Crippen molar-refractivity contribution in [2.75, 3.05) is 47.1 Å². The van der Waals surface area contributed by atoms with Crippen molar-refractivity contribution in [1.82, 2.24) is 5.32 Å². The molecule has 80 valence electrons. The summed E-state index contributed by atoms with van der Waals surface area (Å²) in [5.41, 5.74) is -0.276. The first kappa shape index (κ1) is 13.1. The molecule has 5 heteroatoms. The Morgan fingerprint density at radius 2 is 1.92 bits per heavy atom. The Hall–Kier alpha value is 0.130. The summed E-state index contributed by atoms with van der Waals surface area (Å²) in [6.45, 7) is 3.60. The quantitative estimate of drug-likeness (QED) is 0.714. The van der Waals surface area contributed by atoms with Crippen LogP contribution in [0.3, 0.4) is 0 Å². The zero-order valence-corrected chi connectivity index (χ0v) is 8.99. The summed E-state index contributed by atoms with van der Waals surface area (Å²) >= 11 is 0. The molecule has 4 nitrogen and oxygen atoms in total. The highest BCUT2D eigenvalue weighted by molar-refractivity contribution is 5.85. The molecule has 0 aromatic carbocycles. The first-order chi connectivity index (χ1) is 5.83. The van der Waals surface area contributed by atoms with Gasteiger partial charge in [-0.05, 0) is 0 Å². The number of hydrogen-bond donors (Lipinski definition) is 1. The second kappa shape index (κ2) is 6.56. The Labute approximate surface area is 85.3 Å². The van der Waals surface area contributed by atoms with Crippen LogP contribution in [0.15, 0.2) is 0 Å². The molecule has 0 aliphatic carbocycles. The molecule has 0 spiro atoms. The highest BCUT2D eigenvalue weighted by Crippen LogP contribution is 2.13. The first-order valence-electron chi connectivity index (χ1n) is 4.15. The lowest BCUT2D eigenvalue weighted by Gasteiger charge is -2.36. The molecule has 1 N–H and O–H groups in total. The van der Waals surface area contributed by atoms with E-state index in [0.717, 1.165) is 19.7 Å². The minimum Gasteiger partial charge on any atom is -0.382 e. The average molecular weight is 212 g/mol. The number of ether oxygens (including phenoxy) is 3. The van der Waals surface area contributed by atoms with Crippen LogP contribution in [0.25, 0.3) is 0 Å². The lowest BCUT2D eigenvalue weighted by molar-refractivity contribution is -0.135. The SMILES string of the molecule is COCC1(COC)CNCCO1.Cl. The second-order valence-electron chi connectivity index (χ2n) is 3.07. The molecule has 0 atom stereocenters. The van der Waals surface area contributed by atoms with Crippen LogP contribution < -0.4 is 5.32 Å². The number of nitrogens with one attached hydrogen (secondary N) is 1. The van der Waals surface area contributed by atoms with Gasteiger partial charge in [0.2, 0.25) is 0 Å². The van der Waals surface area contributed by atoms with Gasteiger partial charge in [-0.1, -0.05) is 0 Å². The van der Waals surface area contributed by atoms with E-state index in [-0.39, 0.29) is 18.0 Å². The number of halogens is 1. The van der Waals surface area contributed by atoms with Gasteiger partial charge in [0.15, 0.2) is 0 Å². The highest BCUT2D eigenvalue weighted by atomic mass is 35.5. The summed E-state index contributed by atoms with van der Waals surface area (Å²) in [5.74, 6) is 0. The Morgan fingerprint density at radius 1 is 1.31 bits per heavy atom. The predicted molar refractivity (Wildman–Crippen MR) is 52.6 cm³/mol. The molecule has 0 aromatic heterocycles. The molecule has 1 aliphatic heterocycles. The Balaban J connectivity index is 0.00000144. The van der Waals surface area contributed by atoms with Crippen LogP contribution in [-0.4, -0.2) is 52.7 Å². The zero-order valence-electron chi connectivity index (χ0n) is 8.17. The lowest BCUT2D eigenvalue weighted by Crippen LogP contribution is -2.55. The fourth-order valence-corrected chi connectivity index (χ4v) is 1.46. The Morgan fingerprint density at radius 3 is 2.31 bits per heavy atom. The third-order valence-electron chi connectivity index (χ3n) is 1.95. The van der Waals surface area contributed by atoms with Crippen molar-refractivity contribution >= 4 is 12.4 Å². The van der Waals surface area contributed by atoms with Gasteiger partial charge in [0.25, 0.3) is 0 Å². The summed E-state index contributed by atoms with van der Waals surface area (Å²) in [5, 5.41) is 3.26. The summed E-state index contributed by atoms with van der Waals surface area (Å²) in [7, 11) is 3.35. The molecule has 0 bridgehead atoms. The van der Waals surface area contributed by atoms with E-state index in [4.69, 9.17) is 14.2 Å². The van der Waals surface area contributed by atoms with Crippen molar-refractivity contribution in [3.63, 3.8) is 0 Å². The fraction of sp³-hybridized carbons (Fsp3) is 1.00. The van der Waals surface area contributed by atoms with Gasteiger partial charge in [-0.25, -0.2) is 0 Å². The molecule has 0 amide bonds. The summed E-state index contributed by atoms with van der Waals surface area (Å²) < 4.78 is 15.8. The van der Waals surface area contributed by atoms with Crippen molar-refractivity contribution < 1.29 is 14.2 Å². The maximum atomic E-state index is 5.63. The molecule has 0 unspecified atom stereocenters. The van der Waals surface area contributed by atoms with E-state index in [1.54, 1.807) is 14.2 Å². The van der Waals surface area contributed by atoms with Crippen LogP contribution in [0, 0.1) is 0 Å². The van der Waals surface area contributed by atoms with Crippen LogP contribution in [0.1, 0.15) is 0 Å². The summed E-state index contributed by atoms with van der Waals surface area (Å²) in [6.07, 6.45) is 0. The third-order valence-corrected chi connectivity index (χ3v) is 1.95. The maximum absolute atomic E-state index is 5.63. The van der Waals surface area contributed by atoms with E-state index in [1.165, 1.54) is 0 Å². The molecular weight excluding hydrogens is 194 g/mol. The van der Waals surface area contributed by atoms with Crippen molar-refractivity contribution in [2.24, 2.45) is 0 Å². The van der Waals surface area contributed by atoms with Crippen molar-refractivity contribution in [2.45, 2.75) is 5.60 Å². The number of rotatable bonds is 4. The molecule has 0 saturated carbocycles. The van der Waals surface area contributed by atoms with E-state index >= 15 is 0 Å². The van der Waals surface area contributed by atoms with Gasteiger partial charge in [-0.15, -0.1) is 12.4 Å². The molecule has 1 fully saturated rings. The molecule has 13 heavy (non-hydrogen) atoms. The van der Waals surface area contributed by atoms with Gasteiger partial charge < -0.3 is 19.5 Å². The topological polar surface area (TPSA) is 39.7 Å². The number of methoxy groups -OCH3 is 2. The van der Waals surface area contributed by atoms with Gasteiger partial charge in [-0.2, -0.15) is 0 Å². The molecule has 1 rings (SSSR count). The van der Waals surface area contributed by atoms with Gasteiger partial charge >= 0.3 is 0 Å². The van der Waals surface area contributed by atoms with Gasteiger partial charge in [-0.3, -0.25) is 0 Å². The maximum Gasteiger partial charge on any atom is 0.127 e. The largest absolute Gasteiger partial charge is 0.382 e. The third kappa shape index (κ3) is 3.79. The van der Waals surface area contributed by atoms with Crippen LogP contribution in [0.4, 0.5) is 0 Å². The van der Waals surface area contributed by atoms with Gasteiger partial charge in [0.05, 0.1) is 19.8 Å². The minimum absolute atomic E-state index is 0. The normalized spacial score (nSPS) is 20.8. The molecule has 1 aliphatic rings. The molecule has 0 radical (unpaired) electrons. The average Bonchev–Trinajstić information content (AvgIpc) is 2.07. The predicted octanol–water partition coefficient (Wildman–Crippen LogP) is 0.0596. The number of morpholine rings is 1. The molecule has 1 saturated heterocycles. The monoisotopic (exact) mass is 211 g/mol. The second-order valence-corrected chi connectivity index (χ2v) is 3.07. The standard InChI is InChI=1S/C8H17NO3.ClH/c1-10-6-8(7-11-2)5-9-3-4-12-8;/h9H,3-7H2,1-2H3;1H. The minimum atomic E-state index is -0.276. The van der Waals surface area contributed by atoms with E-state index in [0.29, 0.717) is 13.2 Å². The first-order valence-corrected chi connectivity index (χ1v) is 4.15. The Bertz CT molecular complexity index is 113.